The standard InChI is InChI=1S/C21H30N2O6Si/c1-8-17-19(20(25)22(17)30(6,7)21(3,4)5)14(2)28-29-18(24)13-15-9-11-16(12-10-15)23(26)27/h8-12,14,17,19H,1,13H2,2-7H3. The Balaban J connectivity index is 1.95. The van der Waals surface area contributed by atoms with E-state index in [0.717, 1.165) is 0 Å². The smallest absolute Gasteiger partial charge is 0.346 e. The Morgan fingerprint density at radius 1 is 1.33 bits per heavy atom. The number of nitrogens with zero attached hydrogens (tertiary/aromatic N) is 2. The molecule has 164 valence electrons. The number of β-lactam (4-membered cyclic amide) rings is 1. The molecule has 1 aliphatic heterocycles. The van der Waals surface area contributed by atoms with Crippen LogP contribution in [0.5, 0.6) is 0 Å². The molecular formula is C21H30N2O6Si. The zero-order chi connectivity index (χ0) is 22.9. The summed E-state index contributed by atoms with van der Waals surface area (Å²) in [5, 5.41) is 10.7. The van der Waals surface area contributed by atoms with Crippen molar-refractivity contribution in [2.24, 2.45) is 5.92 Å². The van der Waals surface area contributed by atoms with Gasteiger partial charge in [-0.25, -0.2) is 4.79 Å². The second-order valence-corrected chi connectivity index (χ2v) is 14.2. The van der Waals surface area contributed by atoms with Crippen LogP contribution in [0, 0.1) is 16.0 Å². The molecular weight excluding hydrogens is 404 g/mol. The topological polar surface area (TPSA) is 99.0 Å². The fourth-order valence-electron chi connectivity index (χ4n) is 3.39. The SMILES string of the molecule is C=CC1C(C(C)OOC(=O)Cc2ccc([N+](=O)[O-])cc2)C(=O)N1[Si](C)(C)C(C)(C)C. The zero-order valence-corrected chi connectivity index (χ0v) is 19.4. The highest BCUT2D eigenvalue weighted by atomic mass is 28.3. The normalized spacial score (nSPS) is 20.3. The van der Waals surface area contributed by atoms with E-state index in [-0.39, 0.29) is 29.1 Å². The number of nitro benzene ring substituents is 1. The van der Waals surface area contributed by atoms with Crippen LogP contribution in [-0.4, -0.2) is 41.7 Å². The third-order valence-electron chi connectivity index (χ3n) is 6.16. The molecule has 1 saturated heterocycles. The molecule has 1 aliphatic rings. The minimum Gasteiger partial charge on any atom is -0.362 e. The van der Waals surface area contributed by atoms with E-state index >= 15 is 0 Å². The van der Waals surface area contributed by atoms with Gasteiger partial charge in [-0.05, 0) is 17.5 Å². The first-order valence-corrected chi connectivity index (χ1v) is 12.8. The van der Waals surface area contributed by atoms with Crippen LogP contribution < -0.4 is 0 Å². The lowest BCUT2D eigenvalue weighted by Gasteiger charge is -2.58. The molecule has 0 bridgehead atoms. The average molecular weight is 435 g/mol. The number of hydrogen-bond acceptors (Lipinski definition) is 6. The van der Waals surface area contributed by atoms with Crippen LogP contribution in [0.2, 0.25) is 18.1 Å². The first-order valence-electron chi connectivity index (χ1n) is 9.86. The Kier molecular flexibility index (Phi) is 6.88. The zero-order valence-electron chi connectivity index (χ0n) is 18.4. The lowest BCUT2D eigenvalue weighted by Crippen LogP contribution is -2.74. The van der Waals surface area contributed by atoms with Crippen LogP contribution in [0.15, 0.2) is 36.9 Å². The predicted molar refractivity (Wildman–Crippen MR) is 115 cm³/mol. The van der Waals surface area contributed by atoms with Crippen molar-refractivity contribution in [2.45, 2.75) is 64.4 Å². The lowest BCUT2D eigenvalue weighted by atomic mass is 9.86. The Morgan fingerprint density at radius 2 is 1.90 bits per heavy atom. The number of non-ortho nitro benzene ring substituents is 1. The van der Waals surface area contributed by atoms with E-state index in [2.05, 4.69) is 40.4 Å². The van der Waals surface area contributed by atoms with Crippen LogP contribution in [0.1, 0.15) is 33.3 Å². The number of benzene rings is 1. The molecule has 3 unspecified atom stereocenters. The van der Waals surface area contributed by atoms with Gasteiger partial charge in [-0.15, -0.1) is 6.58 Å². The molecule has 8 nitrogen and oxygen atoms in total. The van der Waals surface area contributed by atoms with Gasteiger partial charge < -0.3 is 4.57 Å². The number of carbonyl (C=O) groups is 2. The van der Waals surface area contributed by atoms with Gasteiger partial charge in [-0.3, -0.25) is 19.8 Å². The highest BCUT2D eigenvalue weighted by molar-refractivity contribution is 6.80. The van der Waals surface area contributed by atoms with Gasteiger partial charge in [0.1, 0.15) is 6.10 Å². The molecule has 1 heterocycles. The first-order chi connectivity index (χ1) is 13.8. The molecule has 0 aliphatic carbocycles. The molecule has 0 spiro atoms. The number of nitro groups is 1. The van der Waals surface area contributed by atoms with Crippen molar-refractivity contribution >= 4 is 25.8 Å². The molecule has 0 N–H and O–H groups in total. The van der Waals surface area contributed by atoms with Crippen molar-refractivity contribution in [1.82, 2.24) is 4.57 Å². The summed E-state index contributed by atoms with van der Waals surface area (Å²) in [6.07, 6.45) is 1.04. The highest BCUT2D eigenvalue weighted by Gasteiger charge is 2.58. The second-order valence-electron chi connectivity index (χ2n) is 9.13. The van der Waals surface area contributed by atoms with Crippen molar-refractivity contribution < 1.29 is 24.3 Å². The minimum atomic E-state index is -2.06. The van der Waals surface area contributed by atoms with Crippen LogP contribution in [0.4, 0.5) is 5.69 Å². The summed E-state index contributed by atoms with van der Waals surface area (Å²) in [4.78, 5) is 45.3. The van der Waals surface area contributed by atoms with Crippen molar-refractivity contribution in [2.75, 3.05) is 0 Å². The largest absolute Gasteiger partial charge is 0.362 e. The molecule has 1 amide bonds. The van der Waals surface area contributed by atoms with E-state index in [1.54, 1.807) is 13.0 Å². The number of amides is 1. The van der Waals surface area contributed by atoms with Gasteiger partial charge in [0.2, 0.25) is 5.91 Å². The maximum Gasteiger partial charge on any atom is 0.346 e. The molecule has 0 saturated carbocycles. The average Bonchev–Trinajstić information content (AvgIpc) is 2.63. The molecule has 30 heavy (non-hydrogen) atoms. The van der Waals surface area contributed by atoms with E-state index in [1.807, 2.05) is 4.57 Å². The molecule has 3 atom stereocenters. The van der Waals surface area contributed by atoms with Crippen molar-refractivity contribution in [3.63, 3.8) is 0 Å². The number of carbonyl (C=O) groups excluding carboxylic acids is 2. The van der Waals surface area contributed by atoms with E-state index in [1.165, 1.54) is 24.3 Å². The van der Waals surface area contributed by atoms with Gasteiger partial charge in [0, 0.05) is 12.1 Å². The van der Waals surface area contributed by atoms with E-state index in [4.69, 9.17) is 9.78 Å². The predicted octanol–water partition coefficient (Wildman–Crippen LogP) is 4.02. The van der Waals surface area contributed by atoms with Gasteiger partial charge in [0.25, 0.3) is 5.69 Å². The molecule has 0 radical (unpaired) electrons. The van der Waals surface area contributed by atoms with Crippen LogP contribution >= 0.6 is 0 Å². The summed E-state index contributed by atoms with van der Waals surface area (Å²) in [6, 6.07) is 5.46. The monoisotopic (exact) mass is 434 g/mol. The quantitative estimate of drug-likeness (QED) is 0.153. The fraction of sp³-hybridized carbons (Fsp3) is 0.524. The molecule has 1 aromatic carbocycles. The van der Waals surface area contributed by atoms with Crippen molar-refractivity contribution in [1.29, 1.82) is 0 Å². The van der Waals surface area contributed by atoms with E-state index in [0.29, 0.717) is 5.56 Å². The molecule has 1 fully saturated rings. The van der Waals surface area contributed by atoms with Gasteiger partial charge in [0.05, 0.1) is 23.3 Å². The second kappa shape index (κ2) is 8.69. The third-order valence-corrected chi connectivity index (χ3v) is 11.6. The van der Waals surface area contributed by atoms with Crippen LogP contribution in [-0.2, 0) is 25.8 Å². The molecule has 0 aromatic heterocycles. The fourth-order valence-corrected chi connectivity index (χ4v) is 5.83. The maximum atomic E-state index is 12.9. The number of rotatable bonds is 8. The van der Waals surface area contributed by atoms with Gasteiger partial charge in [0.15, 0.2) is 8.24 Å². The van der Waals surface area contributed by atoms with Crippen LogP contribution in [0.3, 0.4) is 0 Å². The van der Waals surface area contributed by atoms with Crippen molar-refractivity contribution in [3.8, 4) is 0 Å². The maximum absolute atomic E-state index is 12.9. The molecule has 2 rings (SSSR count). The Morgan fingerprint density at radius 3 is 2.37 bits per heavy atom. The molecule has 9 heteroatoms. The Labute approximate surface area is 178 Å². The van der Waals surface area contributed by atoms with Gasteiger partial charge in [-0.2, -0.15) is 4.89 Å². The Hall–Kier alpha value is -2.52. The van der Waals surface area contributed by atoms with Gasteiger partial charge >= 0.3 is 5.97 Å². The summed E-state index contributed by atoms with van der Waals surface area (Å²) >= 11 is 0. The first kappa shape index (κ1) is 23.8. The van der Waals surface area contributed by atoms with Gasteiger partial charge in [-0.1, -0.05) is 52.1 Å². The summed E-state index contributed by atoms with van der Waals surface area (Å²) in [5.41, 5.74) is 0.511. The summed E-state index contributed by atoms with van der Waals surface area (Å²) in [6.45, 7) is 16.3. The van der Waals surface area contributed by atoms with Crippen molar-refractivity contribution in [3.05, 3.63) is 52.6 Å². The minimum absolute atomic E-state index is 0.00376. The summed E-state index contributed by atoms with van der Waals surface area (Å²) in [5.74, 6) is -1.10. The molecule has 1 aromatic rings. The van der Waals surface area contributed by atoms with Crippen LogP contribution in [0.25, 0.3) is 0 Å². The lowest BCUT2D eigenvalue weighted by molar-refractivity contribution is -0.384. The van der Waals surface area contributed by atoms with E-state index in [9.17, 15) is 19.7 Å². The summed E-state index contributed by atoms with van der Waals surface area (Å²) in [7, 11) is -2.06. The third kappa shape index (κ3) is 4.62. The summed E-state index contributed by atoms with van der Waals surface area (Å²) < 4.78 is 1.95. The van der Waals surface area contributed by atoms with E-state index < -0.39 is 31.1 Å². The Bertz CT molecular complexity index is 831. The highest BCUT2D eigenvalue weighted by Crippen LogP contribution is 2.46. The number of hydrogen-bond donors (Lipinski definition) is 0.